The Balaban J connectivity index is 2.14. The van der Waals surface area contributed by atoms with Crippen LogP contribution in [0.2, 0.25) is 0 Å². The molecular formula is C14H23N3S. The molecule has 0 unspecified atom stereocenters. The molecule has 0 saturated carbocycles. The Morgan fingerprint density at radius 1 is 1.22 bits per heavy atom. The average Bonchev–Trinajstić information content (AvgIpc) is 2.38. The fraction of sp³-hybridized carbons (Fsp3) is 0.571. The van der Waals surface area contributed by atoms with Gasteiger partial charge in [-0.25, -0.2) is 0 Å². The highest BCUT2D eigenvalue weighted by Gasteiger charge is 1.97. The van der Waals surface area contributed by atoms with Crippen LogP contribution in [-0.4, -0.2) is 16.5 Å². The highest BCUT2D eigenvalue weighted by atomic mass is 32.1. The highest BCUT2D eigenvalue weighted by Crippen LogP contribution is 2.08. The van der Waals surface area contributed by atoms with Crippen molar-refractivity contribution >= 4 is 22.9 Å². The van der Waals surface area contributed by atoms with E-state index in [1.807, 2.05) is 12.1 Å². The summed E-state index contributed by atoms with van der Waals surface area (Å²) in [6.07, 6.45) is 9.66. The normalized spacial score (nSPS) is 10.3. The van der Waals surface area contributed by atoms with Crippen molar-refractivity contribution in [1.82, 2.24) is 4.98 Å². The molecule has 1 heterocycles. The first-order valence-electron chi connectivity index (χ1n) is 6.73. The first-order valence-corrected chi connectivity index (χ1v) is 7.14. The Labute approximate surface area is 115 Å². The number of nitrogens with zero attached hydrogens (tertiary/aromatic N) is 1. The van der Waals surface area contributed by atoms with Crippen LogP contribution in [0.25, 0.3) is 0 Å². The van der Waals surface area contributed by atoms with Crippen molar-refractivity contribution in [2.75, 3.05) is 11.9 Å². The maximum Gasteiger partial charge on any atom is 0.122 e. The van der Waals surface area contributed by atoms with E-state index < -0.39 is 0 Å². The number of nitrogens with one attached hydrogen (secondary N) is 1. The third kappa shape index (κ3) is 5.96. The van der Waals surface area contributed by atoms with Gasteiger partial charge in [-0.05, 0) is 18.6 Å². The van der Waals surface area contributed by atoms with E-state index in [0.29, 0.717) is 10.7 Å². The molecule has 0 aromatic carbocycles. The van der Waals surface area contributed by atoms with Gasteiger partial charge in [0.05, 0.1) is 17.6 Å². The number of thiocarbonyl (C=S) groups is 1. The second kappa shape index (κ2) is 8.86. The largest absolute Gasteiger partial charge is 0.388 e. The molecule has 0 saturated heterocycles. The molecular weight excluding hydrogens is 242 g/mol. The zero-order valence-corrected chi connectivity index (χ0v) is 11.9. The topological polar surface area (TPSA) is 50.9 Å². The number of pyridine rings is 1. The minimum absolute atomic E-state index is 0.345. The number of rotatable bonds is 9. The molecule has 0 radical (unpaired) electrons. The van der Waals surface area contributed by atoms with E-state index >= 15 is 0 Å². The van der Waals surface area contributed by atoms with Crippen molar-refractivity contribution in [1.29, 1.82) is 0 Å². The molecule has 0 aliphatic heterocycles. The van der Waals surface area contributed by atoms with Crippen LogP contribution in [0.1, 0.15) is 51.1 Å². The van der Waals surface area contributed by atoms with Crippen LogP contribution in [0, 0.1) is 0 Å². The van der Waals surface area contributed by atoms with E-state index in [2.05, 4.69) is 17.2 Å². The number of aromatic nitrogens is 1. The summed E-state index contributed by atoms with van der Waals surface area (Å²) in [6, 6.07) is 3.82. The van der Waals surface area contributed by atoms with Gasteiger partial charge in [-0.3, -0.25) is 4.98 Å². The first kappa shape index (κ1) is 14.9. The second-order valence-corrected chi connectivity index (χ2v) is 4.93. The minimum Gasteiger partial charge on any atom is -0.388 e. The van der Waals surface area contributed by atoms with Gasteiger partial charge in [0.1, 0.15) is 4.99 Å². The maximum absolute atomic E-state index is 5.49. The number of anilines is 1. The molecule has 3 nitrogen and oxygen atoms in total. The molecule has 0 bridgehead atoms. The van der Waals surface area contributed by atoms with E-state index in [4.69, 9.17) is 18.0 Å². The quantitative estimate of drug-likeness (QED) is 0.530. The molecule has 4 heteroatoms. The summed E-state index contributed by atoms with van der Waals surface area (Å²) in [5.74, 6) is 0. The van der Waals surface area contributed by atoms with E-state index in [1.165, 1.54) is 38.5 Å². The summed E-state index contributed by atoms with van der Waals surface area (Å²) >= 11 is 4.86. The third-order valence-corrected chi connectivity index (χ3v) is 3.08. The zero-order chi connectivity index (χ0) is 13.2. The van der Waals surface area contributed by atoms with Crippen LogP contribution in [0.5, 0.6) is 0 Å². The first-order chi connectivity index (χ1) is 8.74. The molecule has 0 spiro atoms. The van der Waals surface area contributed by atoms with Crippen molar-refractivity contribution < 1.29 is 0 Å². The fourth-order valence-electron chi connectivity index (χ4n) is 1.78. The van der Waals surface area contributed by atoms with E-state index in [1.54, 1.807) is 6.20 Å². The molecule has 0 atom stereocenters. The van der Waals surface area contributed by atoms with Gasteiger partial charge in [0.2, 0.25) is 0 Å². The number of unbranched alkanes of at least 4 members (excludes halogenated alkanes) is 5. The zero-order valence-electron chi connectivity index (χ0n) is 11.1. The van der Waals surface area contributed by atoms with Gasteiger partial charge in [0.15, 0.2) is 0 Å². The van der Waals surface area contributed by atoms with Gasteiger partial charge in [0, 0.05) is 6.54 Å². The molecule has 0 amide bonds. The Bertz CT molecular complexity index is 349. The Kier molecular flexibility index (Phi) is 7.34. The lowest BCUT2D eigenvalue weighted by Gasteiger charge is -2.06. The number of hydrogen-bond acceptors (Lipinski definition) is 3. The fourth-order valence-corrected chi connectivity index (χ4v) is 1.90. The Morgan fingerprint density at radius 2 is 1.94 bits per heavy atom. The molecule has 0 fully saturated rings. The minimum atomic E-state index is 0.345. The van der Waals surface area contributed by atoms with Crippen molar-refractivity contribution in [2.24, 2.45) is 5.73 Å². The van der Waals surface area contributed by atoms with E-state index in [-0.39, 0.29) is 0 Å². The number of nitrogens with two attached hydrogens (primary N) is 1. The van der Waals surface area contributed by atoms with Gasteiger partial charge in [0.25, 0.3) is 0 Å². The van der Waals surface area contributed by atoms with Gasteiger partial charge in [-0.15, -0.1) is 0 Å². The number of hydrogen-bond donors (Lipinski definition) is 2. The monoisotopic (exact) mass is 265 g/mol. The molecule has 0 aliphatic rings. The molecule has 0 aliphatic carbocycles. The third-order valence-electron chi connectivity index (χ3n) is 2.88. The lowest BCUT2D eigenvalue weighted by atomic mass is 10.1. The standard InChI is InChI=1S/C14H23N3S/c1-2-3-4-5-6-7-10-16-12-8-9-13(14(15)18)17-11-12/h8-9,11,16H,2-7,10H2,1H3,(H2,15,18). The second-order valence-electron chi connectivity index (χ2n) is 4.49. The summed E-state index contributed by atoms with van der Waals surface area (Å²) in [5.41, 5.74) is 7.20. The van der Waals surface area contributed by atoms with Gasteiger partial charge < -0.3 is 11.1 Å². The molecule has 100 valence electrons. The lowest BCUT2D eigenvalue weighted by Crippen LogP contribution is -2.11. The molecule has 1 rings (SSSR count). The van der Waals surface area contributed by atoms with Crippen molar-refractivity contribution in [2.45, 2.75) is 45.4 Å². The molecule has 1 aromatic rings. The summed E-state index contributed by atoms with van der Waals surface area (Å²) in [7, 11) is 0. The van der Waals surface area contributed by atoms with Gasteiger partial charge in [-0.2, -0.15) is 0 Å². The summed E-state index contributed by atoms with van der Waals surface area (Å²) in [5, 5.41) is 3.36. The van der Waals surface area contributed by atoms with Crippen molar-refractivity contribution in [3.05, 3.63) is 24.0 Å². The molecule has 1 aromatic heterocycles. The van der Waals surface area contributed by atoms with Gasteiger partial charge >= 0.3 is 0 Å². The van der Waals surface area contributed by atoms with Crippen LogP contribution < -0.4 is 11.1 Å². The Hall–Kier alpha value is -1.16. The maximum atomic E-state index is 5.49. The predicted octanol–water partition coefficient (Wildman–Crippen LogP) is 3.49. The van der Waals surface area contributed by atoms with E-state index in [0.717, 1.165) is 12.2 Å². The average molecular weight is 265 g/mol. The van der Waals surface area contributed by atoms with Crippen LogP contribution in [0.4, 0.5) is 5.69 Å². The predicted molar refractivity (Wildman–Crippen MR) is 82.0 cm³/mol. The Morgan fingerprint density at radius 3 is 2.56 bits per heavy atom. The van der Waals surface area contributed by atoms with Gasteiger partial charge in [-0.1, -0.05) is 51.2 Å². The van der Waals surface area contributed by atoms with E-state index in [9.17, 15) is 0 Å². The molecule has 3 N–H and O–H groups in total. The van der Waals surface area contributed by atoms with Crippen molar-refractivity contribution in [3.8, 4) is 0 Å². The van der Waals surface area contributed by atoms with Crippen LogP contribution in [0.15, 0.2) is 18.3 Å². The smallest absolute Gasteiger partial charge is 0.122 e. The summed E-state index contributed by atoms with van der Waals surface area (Å²) < 4.78 is 0. The van der Waals surface area contributed by atoms with Crippen LogP contribution in [0.3, 0.4) is 0 Å². The van der Waals surface area contributed by atoms with Crippen molar-refractivity contribution in [3.63, 3.8) is 0 Å². The van der Waals surface area contributed by atoms with Crippen LogP contribution >= 0.6 is 12.2 Å². The SMILES string of the molecule is CCCCCCCCNc1ccc(C(N)=S)nc1. The lowest BCUT2D eigenvalue weighted by molar-refractivity contribution is 0.617. The highest BCUT2D eigenvalue weighted by molar-refractivity contribution is 7.80. The van der Waals surface area contributed by atoms with Crippen LogP contribution in [-0.2, 0) is 0 Å². The summed E-state index contributed by atoms with van der Waals surface area (Å²) in [6.45, 7) is 3.24. The summed E-state index contributed by atoms with van der Waals surface area (Å²) in [4.78, 5) is 4.53. The molecule has 18 heavy (non-hydrogen) atoms.